The number of piperidine rings is 1. The quantitative estimate of drug-likeness (QED) is 0.592. The maximum Gasteiger partial charge on any atom is 0.220 e. The van der Waals surface area contributed by atoms with Crippen LogP contribution in [0.4, 0.5) is 0 Å². The molecular formula is C20H34N4O2. The third kappa shape index (κ3) is 3.00. The lowest BCUT2D eigenvalue weighted by Crippen LogP contribution is -2.69. The first kappa shape index (κ1) is 18.1. The van der Waals surface area contributed by atoms with Gasteiger partial charge in [-0.25, -0.2) is 0 Å². The van der Waals surface area contributed by atoms with Crippen molar-refractivity contribution in [2.24, 2.45) is 15.8 Å². The summed E-state index contributed by atoms with van der Waals surface area (Å²) in [6.07, 6.45) is 8.33. The highest BCUT2D eigenvalue weighted by molar-refractivity contribution is 5.82. The van der Waals surface area contributed by atoms with Crippen LogP contribution in [0.2, 0.25) is 0 Å². The van der Waals surface area contributed by atoms with Crippen LogP contribution in [0, 0.1) is 10.8 Å². The van der Waals surface area contributed by atoms with Crippen molar-refractivity contribution >= 4 is 11.9 Å². The van der Waals surface area contributed by atoms with Gasteiger partial charge in [0.15, 0.2) is 5.96 Å². The molecule has 4 fully saturated rings. The Balaban J connectivity index is 1.43. The van der Waals surface area contributed by atoms with E-state index >= 15 is 0 Å². The van der Waals surface area contributed by atoms with Crippen LogP contribution < -0.4 is 10.6 Å². The Hall–Kier alpha value is -1.30. The first-order valence-electron chi connectivity index (χ1n) is 10.5. The molecule has 2 spiro atoms. The predicted molar refractivity (Wildman–Crippen MR) is 102 cm³/mol. The molecule has 2 heterocycles. The highest BCUT2D eigenvalue weighted by atomic mass is 16.5. The summed E-state index contributed by atoms with van der Waals surface area (Å²) in [6.45, 7) is 8.60. The van der Waals surface area contributed by atoms with Crippen LogP contribution in [-0.4, -0.2) is 61.7 Å². The van der Waals surface area contributed by atoms with E-state index in [1.165, 1.54) is 19.3 Å². The fraction of sp³-hybridized carbons (Fsp3) is 0.900. The van der Waals surface area contributed by atoms with E-state index in [0.717, 1.165) is 58.0 Å². The minimum absolute atomic E-state index is 0.104. The lowest BCUT2D eigenvalue weighted by Gasteiger charge is -2.61. The van der Waals surface area contributed by atoms with Crippen LogP contribution in [-0.2, 0) is 9.53 Å². The maximum absolute atomic E-state index is 11.8. The van der Waals surface area contributed by atoms with Gasteiger partial charge in [-0.1, -0.05) is 6.42 Å². The molecule has 146 valence electrons. The van der Waals surface area contributed by atoms with E-state index in [-0.39, 0.29) is 11.3 Å². The van der Waals surface area contributed by atoms with Gasteiger partial charge in [-0.15, -0.1) is 0 Å². The van der Waals surface area contributed by atoms with Gasteiger partial charge in [0.25, 0.3) is 0 Å². The molecule has 4 aliphatic rings. The van der Waals surface area contributed by atoms with Crippen LogP contribution in [0.5, 0.6) is 0 Å². The number of ether oxygens (including phenoxy) is 1. The van der Waals surface area contributed by atoms with Crippen LogP contribution in [0.25, 0.3) is 0 Å². The Morgan fingerprint density at radius 3 is 2.81 bits per heavy atom. The molecule has 26 heavy (non-hydrogen) atoms. The molecule has 3 unspecified atom stereocenters. The van der Waals surface area contributed by atoms with Gasteiger partial charge in [-0.05, 0) is 46.0 Å². The van der Waals surface area contributed by atoms with Crippen molar-refractivity contribution in [1.29, 1.82) is 0 Å². The number of carbonyl (C=O) groups is 1. The van der Waals surface area contributed by atoms with Crippen molar-refractivity contribution in [3.63, 3.8) is 0 Å². The fourth-order valence-corrected chi connectivity index (χ4v) is 5.61. The largest absolute Gasteiger partial charge is 0.378 e. The normalized spacial score (nSPS) is 36.0. The monoisotopic (exact) mass is 362 g/mol. The molecule has 2 aliphatic heterocycles. The Morgan fingerprint density at radius 2 is 2.19 bits per heavy atom. The van der Waals surface area contributed by atoms with E-state index in [9.17, 15) is 4.79 Å². The number of likely N-dealkylation sites (tertiary alicyclic amines) is 1. The van der Waals surface area contributed by atoms with E-state index in [4.69, 9.17) is 9.73 Å². The Bertz CT molecular complexity index is 574. The summed E-state index contributed by atoms with van der Waals surface area (Å²) >= 11 is 0. The summed E-state index contributed by atoms with van der Waals surface area (Å²) < 4.78 is 6.00. The van der Waals surface area contributed by atoms with E-state index in [1.807, 2.05) is 0 Å². The van der Waals surface area contributed by atoms with Crippen molar-refractivity contribution in [3.05, 3.63) is 0 Å². The van der Waals surface area contributed by atoms with E-state index in [2.05, 4.69) is 29.4 Å². The number of carbonyl (C=O) groups excluding carboxylic acids is 1. The van der Waals surface area contributed by atoms with Gasteiger partial charge in [-0.2, -0.15) is 0 Å². The van der Waals surface area contributed by atoms with E-state index < -0.39 is 0 Å². The second-order valence-corrected chi connectivity index (χ2v) is 8.74. The van der Waals surface area contributed by atoms with Gasteiger partial charge in [0.2, 0.25) is 5.91 Å². The summed E-state index contributed by atoms with van der Waals surface area (Å²) in [7, 11) is 0. The molecule has 0 aromatic rings. The molecule has 6 nitrogen and oxygen atoms in total. The van der Waals surface area contributed by atoms with Gasteiger partial charge in [0.05, 0.1) is 6.10 Å². The standard InChI is InChI=1S/C20H34N4O2/c1-3-21-18(23-15-11-16(26-4-2)20(15)8-5-9-20)24-10-6-7-19(14-24)12-17(25)22-13-19/h15-16H,3-14H2,1-2H3,(H,21,23)(H,22,25). The molecular weight excluding hydrogens is 328 g/mol. The zero-order chi connectivity index (χ0) is 18.2. The van der Waals surface area contributed by atoms with Gasteiger partial charge < -0.3 is 20.3 Å². The van der Waals surface area contributed by atoms with Crippen LogP contribution in [0.15, 0.2) is 4.99 Å². The Morgan fingerprint density at radius 1 is 1.35 bits per heavy atom. The van der Waals surface area contributed by atoms with Crippen molar-refractivity contribution < 1.29 is 9.53 Å². The highest BCUT2D eigenvalue weighted by Gasteiger charge is 2.59. The van der Waals surface area contributed by atoms with Gasteiger partial charge in [0.1, 0.15) is 0 Å². The van der Waals surface area contributed by atoms with Crippen LogP contribution in [0.1, 0.15) is 58.8 Å². The third-order valence-corrected chi connectivity index (χ3v) is 7.21. The van der Waals surface area contributed by atoms with Crippen molar-refractivity contribution in [1.82, 2.24) is 15.5 Å². The van der Waals surface area contributed by atoms with Gasteiger partial charge in [0, 0.05) is 56.1 Å². The van der Waals surface area contributed by atoms with E-state index in [1.54, 1.807) is 0 Å². The second kappa shape index (κ2) is 7.02. The topological polar surface area (TPSA) is 66.0 Å². The number of nitrogens with one attached hydrogen (secondary N) is 2. The lowest BCUT2D eigenvalue weighted by molar-refractivity contribution is -0.169. The predicted octanol–water partition coefficient (Wildman–Crippen LogP) is 1.90. The zero-order valence-electron chi connectivity index (χ0n) is 16.4. The fourth-order valence-electron chi connectivity index (χ4n) is 5.61. The summed E-state index contributed by atoms with van der Waals surface area (Å²) in [4.78, 5) is 19.0. The third-order valence-electron chi connectivity index (χ3n) is 7.21. The summed E-state index contributed by atoms with van der Waals surface area (Å²) in [5.74, 6) is 1.26. The molecule has 2 saturated heterocycles. The van der Waals surface area contributed by atoms with Crippen molar-refractivity contribution in [2.75, 3.05) is 32.8 Å². The molecule has 2 aliphatic carbocycles. The van der Waals surface area contributed by atoms with Gasteiger partial charge in [-0.3, -0.25) is 9.79 Å². The number of aliphatic imine (C=N–C) groups is 1. The first-order valence-corrected chi connectivity index (χ1v) is 10.5. The Labute approximate surface area is 157 Å². The summed E-state index contributed by atoms with van der Waals surface area (Å²) in [5.41, 5.74) is 0.441. The number of guanidine groups is 1. The number of hydrogen-bond acceptors (Lipinski definition) is 3. The zero-order valence-corrected chi connectivity index (χ0v) is 16.4. The number of rotatable bonds is 4. The average molecular weight is 363 g/mol. The molecule has 0 bridgehead atoms. The van der Waals surface area contributed by atoms with E-state index in [0.29, 0.717) is 24.0 Å². The van der Waals surface area contributed by atoms with Crippen molar-refractivity contribution in [3.8, 4) is 0 Å². The molecule has 0 radical (unpaired) electrons. The molecule has 2 saturated carbocycles. The average Bonchev–Trinajstić information content (AvgIpc) is 2.91. The Kier molecular flexibility index (Phi) is 4.88. The minimum Gasteiger partial charge on any atom is -0.378 e. The van der Waals surface area contributed by atoms with Gasteiger partial charge >= 0.3 is 0 Å². The molecule has 1 amide bonds. The lowest BCUT2D eigenvalue weighted by atomic mass is 9.51. The molecule has 4 rings (SSSR count). The molecule has 0 aromatic heterocycles. The van der Waals surface area contributed by atoms with Crippen LogP contribution >= 0.6 is 0 Å². The molecule has 0 aromatic carbocycles. The minimum atomic E-state index is 0.104. The second-order valence-electron chi connectivity index (χ2n) is 8.74. The summed E-state index contributed by atoms with van der Waals surface area (Å²) in [5, 5.41) is 6.86. The number of nitrogens with zero attached hydrogens (tertiary/aromatic N) is 2. The first-order chi connectivity index (χ1) is 12.6. The smallest absolute Gasteiger partial charge is 0.220 e. The SMILES string of the molecule is CCN=C(NC1CC(OCC)C12CCC2)N1CCCC2(CNC(=O)C2)C1. The van der Waals surface area contributed by atoms with Crippen molar-refractivity contribution in [2.45, 2.75) is 70.9 Å². The number of amides is 1. The number of hydrogen-bond donors (Lipinski definition) is 2. The highest BCUT2D eigenvalue weighted by Crippen LogP contribution is 2.57. The summed E-state index contributed by atoms with van der Waals surface area (Å²) in [6, 6.07) is 0.485. The molecule has 2 N–H and O–H groups in total. The van der Waals surface area contributed by atoms with Crippen LogP contribution in [0.3, 0.4) is 0 Å². The molecule has 6 heteroatoms. The maximum atomic E-state index is 11.8. The molecule has 3 atom stereocenters.